The van der Waals surface area contributed by atoms with Crippen molar-refractivity contribution in [2.24, 2.45) is 7.05 Å². The predicted octanol–water partition coefficient (Wildman–Crippen LogP) is 2.85. The van der Waals surface area contributed by atoms with Crippen LogP contribution in [0.5, 0.6) is 5.75 Å². The molecule has 1 heterocycles. The molecule has 1 aromatic heterocycles. The summed E-state index contributed by atoms with van der Waals surface area (Å²) >= 11 is 0. The molecule has 9 heteroatoms. The highest BCUT2D eigenvalue weighted by molar-refractivity contribution is 7.92. The molecule has 2 N–H and O–H groups in total. The van der Waals surface area contributed by atoms with Gasteiger partial charge in [-0.3, -0.25) is 14.2 Å². The lowest BCUT2D eigenvalue weighted by molar-refractivity contribution is -0.114. The number of carbonyl (C=O) groups is 1. The van der Waals surface area contributed by atoms with Crippen molar-refractivity contribution in [3.8, 4) is 17.0 Å². The molecule has 3 rings (SSSR count). The molecule has 8 nitrogen and oxygen atoms in total. The van der Waals surface area contributed by atoms with Gasteiger partial charge in [-0.25, -0.2) is 8.42 Å². The van der Waals surface area contributed by atoms with E-state index < -0.39 is 10.0 Å². The van der Waals surface area contributed by atoms with Crippen LogP contribution in [0.3, 0.4) is 0 Å². The standard InChI is InChI=1S/C19H20N4O4S/c1-13(24)20-15-9-10-17(27-3)16(11-15)22-28(25,26)18-12-23(2)21-19(18)14-7-5-4-6-8-14/h4-12,22H,1-3H3,(H,20,24). The van der Waals surface area contributed by atoms with Gasteiger partial charge in [-0.05, 0) is 18.2 Å². The van der Waals surface area contributed by atoms with Gasteiger partial charge >= 0.3 is 0 Å². The highest BCUT2D eigenvalue weighted by atomic mass is 32.2. The fraction of sp³-hybridized carbons (Fsp3) is 0.158. The first-order chi connectivity index (χ1) is 13.3. The number of hydrogen-bond donors (Lipinski definition) is 2. The summed E-state index contributed by atoms with van der Waals surface area (Å²) in [5, 5.41) is 6.92. The average Bonchev–Trinajstić information content (AvgIpc) is 3.05. The van der Waals surface area contributed by atoms with Gasteiger partial charge in [-0.1, -0.05) is 30.3 Å². The second kappa shape index (κ2) is 7.73. The molecule has 2 aromatic carbocycles. The lowest BCUT2D eigenvalue weighted by atomic mass is 10.2. The summed E-state index contributed by atoms with van der Waals surface area (Å²) in [5.74, 6) is 0.0559. The molecule has 0 aliphatic carbocycles. The third-order valence-corrected chi connectivity index (χ3v) is 5.26. The Morgan fingerprint density at radius 3 is 2.50 bits per heavy atom. The van der Waals surface area contributed by atoms with Crippen molar-refractivity contribution in [3.05, 3.63) is 54.7 Å². The smallest absolute Gasteiger partial charge is 0.265 e. The molecule has 0 atom stereocenters. The zero-order valence-corrected chi connectivity index (χ0v) is 16.4. The van der Waals surface area contributed by atoms with Crippen LogP contribution in [0.4, 0.5) is 11.4 Å². The number of anilines is 2. The summed E-state index contributed by atoms with van der Waals surface area (Å²) in [4.78, 5) is 11.3. The number of benzene rings is 2. The second-order valence-electron chi connectivity index (χ2n) is 6.08. The molecule has 3 aromatic rings. The minimum Gasteiger partial charge on any atom is -0.495 e. The van der Waals surface area contributed by atoms with Crippen molar-refractivity contribution >= 4 is 27.3 Å². The Hall–Kier alpha value is -3.33. The number of hydrogen-bond acceptors (Lipinski definition) is 5. The Kier molecular flexibility index (Phi) is 5.36. The van der Waals surface area contributed by atoms with Gasteiger partial charge in [-0.2, -0.15) is 5.10 Å². The SMILES string of the molecule is COc1ccc(NC(C)=O)cc1NS(=O)(=O)c1cn(C)nc1-c1ccccc1. The monoisotopic (exact) mass is 400 g/mol. The molecule has 0 bridgehead atoms. The third kappa shape index (κ3) is 4.15. The molecule has 0 unspecified atom stereocenters. The summed E-state index contributed by atoms with van der Waals surface area (Å²) in [5.41, 5.74) is 1.67. The number of aryl methyl sites for hydroxylation is 1. The molecule has 0 spiro atoms. The molecule has 0 aliphatic heterocycles. The van der Waals surface area contributed by atoms with E-state index >= 15 is 0 Å². The van der Waals surface area contributed by atoms with Gasteiger partial charge < -0.3 is 10.1 Å². The van der Waals surface area contributed by atoms with Gasteiger partial charge in [0.1, 0.15) is 16.3 Å². The lowest BCUT2D eigenvalue weighted by Gasteiger charge is -2.13. The van der Waals surface area contributed by atoms with E-state index in [1.54, 1.807) is 31.3 Å². The van der Waals surface area contributed by atoms with Crippen molar-refractivity contribution in [2.75, 3.05) is 17.1 Å². The van der Waals surface area contributed by atoms with Crippen LogP contribution in [0.15, 0.2) is 59.6 Å². The quantitative estimate of drug-likeness (QED) is 0.662. The fourth-order valence-electron chi connectivity index (χ4n) is 2.73. The van der Waals surface area contributed by atoms with Crippen molar-refractivity contribution in [1.82, 2.24) is 9.78 Å². The Bertz CT molecular complexity index is 1110. The number of methoxy groups -OCH3 is 1. The number of amides is 1. The van der Waals surface area contributed by atoms with Crippen molar-refractivity contribution in [1.29, 1.82) is 0 Å². The minimum atomic E-state index is -3.98. The predicted molar refractivity (Wildman–Crippen MR) is 107 cm³/mol. The molecule has 0 saturated carbocycles. The van der Waals surface area contributed by atoms with Crippen LogP contribution in [0.1, 0.15) is 6.92 Å². The van der Waals surface area contributed by atoms with E-state index in [1.807, 2.05) is 18.2 Å². The Labute approximate surface area is 163 Å². The Morgan fingerprint density at radius 1 is 1.14 bits per heavy atom. The number of carbonyl (C=O) groups excluding carboxylic acids is 1. The van der Waals surface area contributed by atoms with Crippen molar-refractivity contribution in [3.63, 3.8) is 0 Å². The van der Waals surface area contributed by atoms with Crippen molar-refractivity contribution < 1.29 is 17.9 Å². The van der Waals surface area contributed by atoms with Gasteiger partial charge in [0.15, 0.2) is 0 Å². The molecule has 146 valence electrons. The summed E-state index contributed by atoms with van der Waals surface area (Å²) in [6, 6.07) is 13.7. The minimum absolute atomic E-state index is 0.0354. The van der Waals surface area contributed by atoms with E-state index in [9.17, 15) is 13.2 Å². The highest BCUT2D eigenvalue weighted by Crippen LogP contribution is 2.32. The van der Waals surface area contributed by atoms with Crippen LogP contribution < -0.4 is 14.8 Å². The van der Waals surface area contributed by atoms with E-state index in [1.165, 1.54) is 31.0 Å². The first-order valence-corrected chi connectivity index (χ1v) is 9.86. The summed E-state index contributed by atoms with van der Waals surface area (Å²) in [6.45, 7) is 1.37. The first kappa shape index (κ1) is 19.4. The van der Waals surface area contributed by atoms with Crippen molar-refractivity contribution in [2.45, 2.75) is 11.8 Å². The topological polar surface area (TPSA) is 102 Å². The maximum Gasteiger partial charge on any atom is 0.265 e. The molecule has 1 amide bonds. The summed E-state index contributed by atoms with van der Waals surface area (Å²) < 4.78 is 35.4. The van der Waals surface area contributed by atoms with Crippen LogP contribution in [0.25, 0.3) is 11.3 Å². The van der Waals surface area contributed by atoms with Gasteiger partial charge in [0.2, 0.25) is 5.91 Å². The largest absolute Gasteiger partial charge is 0.495 e. The molecule has 0 saturated heterocycles. The van der Waals surface area contributed by atoms with Crippen LogP contribution in [-0.4, -0.2) is 31.2 Å². The number of nitrogens with one attached hydrogen (secondary N) is 2. The Balaban J connectivity index is 2.03. The van der Waals surface area contributed by atoms with E-state index in [2.05, 4.69) is 15.1 Å². The normalized spacial score (nSPS) is 11.1. The maximum absolute atomic E-state index is 13.1. The van der Waals surface area contributed by atoms with E-state index in [0.717, 1.165) is 0 Å². The third-order valence-electron chi connectivity index (χ3n) is 3.90. The average molecular weight is 400 g/mol. The molecule has 0 fully saturated rings. The van der Waals surface area contributed by atoms with Gasteiger partial charge in [0.05, 0.1) is 12.8 Å². The number of nitrogens with zero attached hydrogens (tertiary/aromatic N) is 2. The summed E-state index contributed by atoms with van der Waals surface area (Å²) in [6.07, 6.45) is 1.44. The van der Waals surface area contributed by atoms with Gasteiger partial charge in [-0.15, -0.1) is 0 Å². The van der Waals surface area contributed by atoms with Crippen LogP contribution in [-0.2, 0) is 21.9 Å². The van der Waals surface area contributed by atoms with Crippen LogP contribution in [0.2, 0.25) is 0 Å². The maximum atomic E-state index is 13.1. The van der Waals surface area contributed by atoms with Crippen LogP contribution >= 0.6 is 0 Å². The second-order valence-corrected chi connectivity index (χ2v) is 7.73. The number of ether oxygens (including phenoxy) is 1. The molecule has 28 heavy (non-hydrogen) atoms. The molecular formula is C19H20N4O4S. The highest BCUT2D eigenvalue weighted by Gasteiger charge is 2.24. The van der Waals surface area contributed by atoms with Crippen LogP contribution in [0, 0.1) is 0 Å². The van der Waals surface area contributed by atoms with E-state index in [4.69, 9.17) is 4.74 Å². The van der Waals surface area contributed by atoms with E-state index in [0.29, 0.717) is 22.7 Å². The number of sulfonamides is 1. The Morgan fingerprint density at radius 2 is 1.86 bits per heavy atom. The molecule has 0 radical (unpaired) electrons. The first-order valence-electron chi connectivity index (χ1n) is 8.37. The zero-order chi connectivity index (χ0) is 20.3. The summed E-state index contributed by atoms with van der Waals surface area (Å²) in [7, 11) is -0.884. The van der Waals surface area contributed by atoms with Gasteiger partial charge in [0, 0.05) is 31.4 Å². The molecular weight excluding hydrogens is 380 g/mol. The number of rotatable bonds is 6. The number of aromatic nitrogens is 2. The van der Waals surface area contributed by atoms with Gasteiger partial charge in [0.25, 0.3) is 10.0 Å². The zero-order valence-electron chi connectivity index (χ0n) is 15.6. The lowest BCUT2D eigenvalue weighted by Crippen LogP contribution is -2.14. The fourth-order valence-corrected chi connectivity index (χ4v) is 3.99. The molecule has 0 aliphatic rings. The van der Waals surface area contributed by atoms with E-state index in [-0.39, 0.29) is 16.5 Å².